The van der Waals surface area contributed by atoms with E-state index in [1.54, 1.807) is 20.8 Å². The number of nitrogens with one attached hydrogen (secondary N) is 1. The van der Waals surface area contributed by atoms with Crippen molar-refractivity contribution in [3.8, 4) is 0 Å². The van der Waals surface area contributed by atoms with Crippen LogP contribution in [0.2, 0.25) is 0 Å². The maximum atomic E-state index is 13.0. The van der Waals surface area contributed by atoms with Gasteiger partial charge in [-0.1, -0.05) is 74.5 Å². The number of alkyl carbamates (subject to hydrolysis) is 1. The third kappa shape index (κ3) is 6.41. The van der Waals surface area contributed by atoms with Gasteiger partial charge in [-0.25, -0.2) is 9.59 Å². The Kier molecular flexibility index (Phi) is 7.21. The summed E-state index contributed by atoms with van der Waals surface area (Å²) in [4.78, 5) is 25.1. The molecule has 0 saturated heterocycles. The number of carbonyl (C=O) groups is 2. The van der Waals surface area contributed by atoms with E-state index in [1.807, 2.05) is 74.5 Å². The van der Waals surface area contributed by atoms with Gasteiger partial charge < -0.3 is 14.8 Å². The fourth-order valence-electron chi connectivity index (χ4n) is 2.71. The number of benzene rings is 2. The first-order valence-corrected chi connectivity index (χ1v) is 9.47. The van der Waals surface area contributed by atoms with Gasteiger partial charge in [-0.15, -0.1) is 0 Å². The molecule has 28 heavy (non-hydrogen) atoms. The van der Waals surface area contributed by atoms with E-state index in [1.165, 1.54) is 0 Å². The van der Waals surface area contributed by atoms with Crippen molar-refractivity contribution in [1.82, 2.24) is 5.32 Å². The molecule has 0 radical (unpaired) electrons. The van der Waals surface area contributed by atoms with Crippen molar-refractivity contribution in [2.24, 2.45) is 5.92 Å². The largest absolute Gasteiger partial charge is 0.451 e. The lowest BCUT2D eigenvalue weighted by molar-refractivity contribution is -0.151. The van der Waals surface area contributed by atoms with Crippen LogP contribution in [0.15, 0.2) is 60.7 Å². The lowest BCUT2D eigenvalue weighted by Crippen LogP contribution is -2.47. The van der Waals surface area contributed by atoms with Crippen LogP contribution in [-0.2, 0) is 14.3 Å². The average molecular weight is 383 g/mol. The van der Waals surface area contributed by atoms with E-state index in [9.17, 15) is 9.59 Å². The maximum absolute atomic E-state index is 13.0. The quantitative estimate of drug-likeness (QED) is 0.723. The molecule has 0 aliphatic rings. The summed E-state index contributed by atoms with van der Waals surface area (Å²) in [6.45, 7) is 9.02. The van der Waals surface area contributed by atoms with Crippen molar-refractivity contribution < 1.29 is 19.1 Å². The van der Waals surface area contributed by atoms with E-state index in [0.717, 1.165) is 11.1 Å². The molecule has 0 bridgehead atoms. The van der Waals surface area contributed by atoms with Crippen molar-refractivity contribution in [1.29, 1.82) is 0 Å². The molecule has 0 spiro atoms. The molecular weight excluding hydrogens is 354 g/mol. The Morgan fingerprint density at radius 2 is 1.32 bits per heavy atom. The zero-order valence-electron chi connectivity index (χ0n) is 17.1. The lowest BCUT2D eigenvalue weighted by atomic mass is 10.0. The second kappa shape index (κ2) is 9.40. The van der Waals surface area contributed by atoms with E-state index < -0.39 is 29.8 Å². The molecule has 0 fully saturated rings. The Labute approximate surface area is 167 Å². The third-order valence-corrected chi connectivity index (χ3v) is 4.03. The van der Waals surface area contributed by atoms with Crippen LogP contribution in [0.25, 0.3) is 0 Å². The van der Waals surface area contributed by atoms with Gasteiger partial charge >= 0.3 is 12.1 Å². The van der Waals surface area contributed by atoms with E-state index in [0.29, 0.717) is 0 Å². The normalized spacial score (nSPS) is 12.5. The summed E-state index contributed by atoms with van der Waals surface area (Å²) in [5, 5.41) is 2.65. The zero-order valence-corrected chi connectivity index (χ0v) is 17.1. The molecule has 0 unspecified atom stereocenters. The van der Waals surface area contributed by atoms with Gasteiger partial charge in [-0.3, -0.25) is 0 Å². The van der Waals surface area contributed by atoms with Crippen molar-refractivity contribution in [2.75, 3.05) is 0 Å². The van der Waals surface area contributed by atoms with Gasteiger partial charge in [0, 0.05) is 0 Å². The smallest absolute Gasteiger partial charge is 0.408 e. The van der Waals surface area contributed by atoms with Crippen molar-refractivity contribution in [2.45, 2.75) is 52.4 Å². The fourth-order valence-corrected chi connectivity index (χ4v) is 2.71. The van der Waals surface area contributed by atoms with Gasteiger partial charge in [0.1, 0.15) is 11.6 Å². The van der Waals surface area contributed by atoms with Crippen molar-refractivity contribution >= 4 is 12.1 Å². The maximum Gasteiger partial charge on any atom is 0.408 e. The molecule has 2 aromatic carbocycles. The minimum absolute atomic E-state index is 0.160. The van der Waals surface area contributed by atoms with Gasteiger partial charge in [0.2, 0.25) is 0 Å². The first-order valence-electron chi connectivity index (χ1n) is 9.47. The summed E-state index contributed by atoms with van der Waals surface area (Å²) < 4.78 is 11.2. The topological polar surface area (TPSA) is 64.6 Å². The molecule has 1 atom stereocenters. The molecule has 5 heteroatoms. The predicted octanol–water partition coefficient (Wildman–Crippen LogP) is 4.87. The number of hydrogen-bond acceptors (Lipinski definition) is 4. The summed E-state index contributed by atoms with van der Waals surface area (Å²) in [6, 6.07) is 18.3. The minimum Gasteiger partial charge on any atom is -0.451 e. The molecule has 1 N–H and O–H groups in total. The highest BCUT2D eigenvalue weighted by Crippen LogP contribution is 2.27. The van der Waals surface area contributed by atoms with Gasteiger partial charge in [0.15, 0.2) is 6.10 Å². The van der Waals surface area contributed by atoms with E-state index in [4.69, 9.17) is 9.47 Å². The predicted molar refractivity (Wildman–Crippen MR) is 109 cm³/mol. The summed E-state index contributed by atoms with van der Waals surface area (Å²) in [5.74, 6) is -0.661. The highest BCUT2D eigenvalue weighted by atomic mass is 16.6. The molecule has 2 rings (SSSR count). The van der Waals surface area contributed by atoms with Crippen molar-refractivity contribution in [3.63, 3.8) is 0 Å². The molecule has 0 aromatic heterocycles. The second-order valence-electron chi connectivity index (χ2n) is 8.01. The van der Waals surface area contributed by atoms with Crippen LogP contribution in [0.3, 0.4) is 0 Å². The summed E-state index contributed by atoms with van der Waals surface area (Å²) in [5.41, 5.74) is 1.08. The van der Waals surface area contributed by atoms with Gasteiger partial charge in [-0.2, -0.15) is 0 Å². The molecular formula is C23H29NO4. The van der Waals surface area contributed by atoms with Crippen LogP contribution in [0.1, 0.15) is 51.8 Å². The molecule has 0 heterocycles. The van der Waals surface area contributed by atoms with Crippen LogP contribution in [0.4, 0.5) is 4.79 Å². The number of carbonyl (C=O) groups excluding carboxylic acids is 2. The van der Waals surface area contributed by atoms with Gasteiger partial charge in [0.25, 0.3) is 0 Å². The Morgan fingerprint density at radius 1 is 0.857 bits per heavy atom. The summed E-state index contributed by atoms with van der Waals surface area (Å²) in [6.07, 6.45) is -1.20. The number of esters is 1. The van der Waals surface area contributed by atoms with Crippen LogP contribution in [0, 0.1) is 5.92 Å². The zero-order chi connectivity index (χ0) is 20.7. The first kappa shape index (κ1) is 21.5. The SMILES string of the molecule is CC(C)[C@H](NC(=O)OC(C)(C)C)C(=O)OC(c1ccccc1)c1ccccc1. The molecule has 150 valence electrons. The first-order chi connectivity index (χ1) is 13.2. The summed E-state index contributed by atoms with van der Waals surface area (Å²) in [7, 11) is 0. The third-order valence-electron chi connectivity index (χ3n) is 4.03. The highest BCUT2D eigenvalue weighted by Gasteiger charge is 2.30. The molecule has 5 nitrogen and oxygen atoms in total. The second-order valence-corrected chi connectivity index (χ2v) is 8.01. The van der Waals surface area contributed by atoms with Crippen LogP contribution in [-0.4, -0.2) is 23.7 Å². The molecule has 2 aromatic rings. The Balaban J connectivity index is 2.21. The van der Waals surface area contributed by atoms with E-state index in [2.05, 4.69) is 5.32 Å². The van der Waals surface area contributed by atoms with E-state index >= 15 is 0 Å². The number of rotatable bonds is 6. The minimum atomic E-state index is -0.815. The number of hydrogen-bond donors (Lipinski definition) is 1. The Morgan fingerprint density at radius 3 is 1.71 bits per heavy atom. The molecule has 1 amide bonds. The van der Waals surface area contributed by atoms with E-state index in [-0.39, 0.29) is 5.92 Å². The average Bonchev–Trinajstić information content (AvgIpc) is 2.63. The Bertz CT molecular complexity index is 727. The fraction of sp³-hybridized carbons (Fsp3) is 0.391. The number of ether oxygens (including phenoxy) is 2. The monoisotopic (exact) mass is 383 g/mol. The summed E-state index contributed by atoms with van der Waals surface area (Å²) >= 11 is 0. The van der Waals surface area contributed by atoms with Crippen LogP contribution < -0.4 is 5.32 Å². The molecule has 0 aliphatic heterocycles. The lowest BCUT2D eigenvalue weighted by Gasteiger charge is -2.27. The standard InChI is InChI=1S/C23H29NO4/c1-16(2)19(24-22(26)28-23(3,4)5)21(25)27-20(17-12-8-6-9-13-17)18-14-10-7-11-15-18/h6-16,19-20H,1-5H3,(H,24,26)/t19-/m0/s1. The van der Waals surface area contributed by atoms with Gasteiger partial charge in [-0.05, 0) is 37.8 Å². The Hall–Kier alpha value is -2.82. The van der Waals surface area contributed by atoms with Crippen LogP contribution in [0.5, 0.6) is 0 Å². The molecule has 0 aliphatic carbocycles. The van der Waals surface area contributed by atoms with Crippen molar-refractivity contribution in [3.05, 3.63) is 71.8 Å². The van der Waals surface area contributed by atoms with Crippen LogP contribution >= 0.6 is 0 Å². The van der Waals surface area contributed by atoms with Gasteiger partial charge in [0.05, 0.1) is 0 Å². The number of amides is 1. The molecule has 0 saturated carbocycles. The highest BCUT2D eigenvalue weighted by molar-refractivity contribution is 5.82.